The van der Waals surface area contributed by atoms with Crippen molar-refractivity contribution < 1.29 is 29.0 Å². The van der Waals surface area contributed by atoms with Crippen LogP contribution in [0.5, 0.6) is 17.2 Å². The van der Waals surface area contributed by atoms with E-state index in [1.165, 1.54) is 31.4 Å². The molecule has 0 saturated carbocycles. The second kappa shape index (κ2) is 11.5. The number of nitrogens with one attached hydrogen (secondary N) is 1. The standard InChI is InChI=1S/C23H14ClN5O9/c1-37-21-6-2-13(9-22(21)38-20-7-4-16(28(33)34)11-19(20)29(35)36)8-14(12-25)23(30)26-18-10-15(27(31)32)3-5-17(18)24/h2-11H,1H3,(H,26,30)/b14-8+. The Morgan fingerprint density at radius 3 is 2.16 bits per heavy atom. The summed E-state index contributed by atoms with van der Waals surface area (Å²) in [5.74, 6) is -1.17. The van der Waals surface area contributed by atoms with Crippen molar-refractivity contribution in [2.75, 3.05) is 12.4 Å². The normalized spacial score (nSPS) is 10.7. The molecular weight excluding hydrogens is 526 g/mol. The molecule has 3 aromatic rings. The number of nitriles is 1. The number of non-ortho nitro benzene ring substituents is 2. The molecule has 3 rings (SSSR count). The fourth-order valence-electron chi connectivity index (χ4n) is 3.06. The average Bonchev–Trinajstić information content (AvgIpc) is 2.88. The molecule has 0 bridgehead atoms. The maximum absolute atomic E-state index is 12.7. The Morgan fingerprint density at radius 2 is 1.55 bits per heavy atom. The zero-order valence-electron chi connectivity index (χ0n) is 19.1. The highest BCUT2D eigenvalue weighted by Gasteiger charge is 2.22. The van der Waals surface area contributed by atoms with Crippen LogP contribution >= 0.6 is 11.6 Å². The summed E-state index contributed by atoms with van der Waals surface area (Å²) in [6, 6.07) is 12.1. The number of nitro groups is 3. The summed E-state index contributed by atoms with van der Waals surface area (Å²) >= 11 is 5.99. The number of methoxy groups -OCH3 is 1. The maximum atomic E-state index is 12.7. The van der Waals surface area contributed by atoms with Crippen LogP contribution in [0.4, 0.5) is 22.7 Å². The molecule has 3 aromatic carbocycles. The van der Waals surface area contributed by atoms with Crippen LogP contribution in [0.15, 0.2) is 60.2 Å². The number of amides is 1. The van der Waals surface area contributed by atoms with Crippen LogP contribution in [-0.4, -0.2) is 27.8 Å². The summed E-state index contributed by atoms with van der Waals surface area (Å²) in [6.45, 7) is 0. The van der Waals surface area contributed by atoms with Crippen molar-refractivity contribution in [2.24, 2.45) is 0 Å². The number of nitro benzene ring substituents is 3. The van der Waals surface area contributed by atoms with Crippen molar-refractivity contribution in [2.45, 2.75) is 0 Å². The highest BCUT2D eigenvalue weighted by molar-refractivity contribution is 6.34. The van der Waals surface area contributed by atoms with Crippen molar-refractivity contribution in [1.29, 1.82) is 5.26 Å². The molecule has 0 fully saturated rings. The molecule has 0 radical (unpaired) electrons. The summed E-state index contributed by atoms with van der Waals surface area (Å²) in [6.07, 6.45) is 1.16. The summed E-state index contributed by atoms with van der Waals surface area (Å²) in [4.78, 5) is 43.8. The molecule has 192 valence electrons. The molecule has 0 aromatic heterocycles. The van der Waals surface area contributed by atoms with Gasteiger partial charge in [-0.1, -0.05) is 17.7 Å². The van der Waals surface area contributed by atoms with Gasteiger partial charge in [-0.05, 0) is 35.9 Å². The Hall–Kier alpha value is -5.55. The van der Waals surface area contributed by atoms with Gasteiger partial charge in [0.2, 0.25) is 5.75 Å². The number of rotatable bonds is 9. The summed E-state index contributed by atoms with van der Waals surface area (Å²) in [5, 5.41) is 45.3. The van der Waals surface area contributed by atoms with Crippen molar-refractivity contribution in [1.82, 2.24) is 0 Å². The topological polar surface area (TPSA) is 201 Å². The Labute approximate surface area is 217 Å². The van der Waals surface area contributed by atoms with Crippen LogP contribution in [0, 0.1) is 41.7 Å². The number of benzene rings is 3. The van der Waals surface area contributed by atoms with Gasteiger partial charge in [-0.3, -0.25) is 35.1 Å². The Balaban J connectivity index is 1.95. The van der Waals surface area contributed by atoms with E-state index in [0.29, 0.717) is 0 Å². The minimum absolute atomic E-state index is 0.00562. The third-order valence-electron chi connectivity index (χ3n) is 4.84. The smallest absolute Gasteiger partial charge is 0.318 e. The van der Waals surface area contributed by atoms with Gasteiger partial charge in [0.25, 0.3) is 17.3 Å². The molecule has 0 aliphatic heterocycles. The number of carbonyl (C=O) groups is 1. The third-order valence-corrected chi connectivity index (χ3v) is 5.17. The van der Waals surface area contributed by atoms with Crippen molar-refractivity contribution >= 4 is 46.3 Å². The monoisotopic (exact) mass is 539 g/mol. The first kappa shape index (κ1) is 27.0. The Kier molecular flexibility index (Phi) is 8.15. The zero-order valence-corrected chi connectivity index (χ0v) is 19.9. The number of anilines is 1. The molecule has 1 amide bonds. The predicted molar refractivity (Wildman–Crippen MR) is 133 cm³/mol. The molecule has 0 atom stereocenters. The van der Waals surface area contributed by atoms with Gasteiger partial charge in [-0.2, -0.15) is 5.26 Å². The Bertz CT molecular complexity index is 1550. The second-order valence-electron chi connectivity index (χ2n) is 7.22. The van der Waals surface area contributed by atoms with Crippen LogP contribution in [0.1, 0.15) is 5.56 Å². The van der Waals surface area contributed by atoms with E-state index in [1.54, 1.807) is 6.07 Å². The van der Waals surface area contributed by atoms with Crippen LogP contribution < -0.4 is 14.8 Å². The first-order valence-corrected chi connectivity index (χ1v) is 10.6. The van der Waals surface area contributed by atoms with Gasteiger partial charge < -0.3 is 14.8 Å². The van der Waals surface area contributed by atoms with Crippen molar-refractivity contribution in [3.8, 4) is 23.3 Å². The highest BCUT2D eigenvalue weighted by atomic mass is 35.5. The quantitative estimate of drug-likeness (QED) is 0.158. The molecule has 0 unspecified atom stereocenters. The molecule has 1 N–H and O–H groups in total. The molecule has 0 aliphatic carbocycles. The van der Waals surface area contributed by atoms with Crippen LogP contribution in [0.25, 0.3) is 6.08 Å². The molecular formula is C23H14ClN5O9. The Morgan fingerprint density at radius 1 is 0.921 bits per heavy atom. The number of hydrogen-bond donors (Lipinski definition) is 1. The van der Waals surface area contributed by atoms with Gasteiger partial charge in [0.1, 0.15) is 11.6 Å². The van der Waals surface area contributed by atoms with Crippen LogP contribution in [-0.2, 0) is 4.79 Å². The summed E-state index contributed by atoms with van der Waals surface area (Å²) in [7, 11) is 1.30. The number of hydrogen-bond acceptors (Lipinski definition) is 10. The zero-order chi connectivity index (χ0) is 28.0. The first-order chi connectivity index (χ1) is 18.0. The van der Waals surface area contributed by atoms with Crippen LogP contribution in [0.2, 0.25) is 5.02 Å². The molecule has 14 nitrogen and oxygen atoms in total. The van der Waals surface area contributed by atoms with Gasteiger partial charge >= 0.3 is 5.69 Å². The number of ether oxygens (including phenoxy) is 2. The molecule has 0 saturated heterocycles. The molecule has 0 spiro atoms. The van der Waals surface area contributed by atoms with Crippen molar-refractivity contribution in [3.05, 3.63) is 101 Å². The number of nitrogens with zero attached hydrogens (tertiary/aromatic N) is 4. The lowest BCUT2D eigenvalue weighted by molar-refractivity contribution is -0.394. The lowest BCUT2D eigenvalue weighted by atomic mass is 10.1. The fraction of sp³-hybridized carbons (Fsp3) is 0.0435. The number of carbonyl (C=O) groups excluding carboxylic acids is 1. The predicted octanol–water partition coefficient (Wildman–Crippen LogP) is 5.41. The van der Waals surface area contributed by atoms with Crippen LogP contribution in [0.3, 0.4) is 0 Å². The minimum Gasteiger partial charge on any atom is -0.493 e. The van der Waals surface area contributed by atoms with Gasteiger partial charge in [0.05, 0.1) is 38.7 Å². The number of halogens is 1. The highest BCUT2D eigenvalue weighted by Crippen LogP contribution is 2.38. The average molecular weight is 540 g/mol. The van der Waals surface area contributed by atoms with E-state index in [0.717, 1.165) is 36.4 Å². The minimum atomic E-state index is -0.917. The molecule has 0 aliphatic rings. The van der Waals surface area contributed by atoms with Gasteiger partial charge in [0, 0.05) is 18.2 Å². The largest absolute Gasteiger partial charge is 0.493 e. The van der Waals surface area contributed by atoms with E-state index < -0.39 is 37.6 Å². The third kappa shape index (κ3) is 6.17. The lowest BCUT2D eigenvalue weighted by Crippen LogP contribution is -2.14. The summed E-state index contributed by atoms with van der Waals surface area (Å²) < 4.78 is 10.8. The maximum Gasteiger partial charge on any atom is 0.318 e. The van der Waals surface area contributed by atoms with E-state index in [-0.39, 0.29) is 39.2 Å². The second-order valence-corrected chi connectivity index (χ2v) is 7.63. The first-order valence-electron chi connectivity index (χ1n) is 10.2. The SMILES string of the molecule is COc1ccc(/C=C(\C#N)C(=O)Nc2cc([N+](=O)[O-])ccc2Cl)cc1Oc1ccc([N+](=O)[O-])cc1[N+](=O)[O-]. The lowest BCUT2D eigenvalue weighted by Gasteiger charge is -2.11. The summed E-state index contributed by atoms with van der Waals surface area (Å²) in [5.41, 5.74) is -1.78. The van der Waals surface area contributed by atoms with Gasteiger partial charge in [-0.15, -0.1) is 0 Å². The molecule has 0 heterocycles. The molecule has 38 heavy (non-hydrogen) atoms. The van der Waals surface area contributed by atoms with E-state index in [1.807, 2.05) is 0 Å². The van der Waals surface area contributed by atoms with E-state index in [9.17, 15) is 40.4 Å². The van der Waals surface area contributed by atoms with E-state index in [4.69, 9.17) is 21.1 Å². The fourth-order valence-corrected chi connectivity index (χ4v) is 3.22. The van der Waals surface area contributed by atoms with Gasteiger partial charge in [-0.25, -0.2) is 0 Å². The van der Waals surface area contributed by atoms with E-state index >= 15 is 0 Å². The van der Waals surface area contributed by atoms with Crippen molar-refractivity contribution in [3.63, 3.8) is 0 Å². The van der Waals surface area contributed by atoms with Gasteiger partial charge in [0.15, 0.2) is 11.5 Å². The molecule has 15 heteroatoms. The van der Waals surface area contributed by atoms with E-state index in [2.05, 4.69) is 5.32 Å².